The molecule has 92 valence electrons. The Balaban J connectivity index is 4.75. The van der Waals surface area contributed by atoms with Crippen LogP contribution in [-0.4, -0.2) is 28.2 Å². The topological polar surface area (TPSA) is 97.1 Å². The van der Waals surface area contributed by atoms with E-state index >= 15 is 0 Å². The SMILES string of the molecule is CCO[P+](OCC)(OCC)OS(N)(=O)=O. The van der Waals surface area contributed by atoms with Gasteiger partial charge in [0.15, 0.2) is 0 Å². The minimum absolute atomic E-state index is 0.198. The summed E-state index contributed by atoms with van der Waals surface area (Å²) in [6, 6.07) is 0. The summed E-state index contributed by atoms with van der Waals surface area (Å²) in [6.07, 6.45) is 0. The highest BCUT2D eigenvalue weighted by Gasteiger charge is 2.53. The molecular formula is C6H17NO6PS+. The number of hydrogen-bond acceptors (Lipinski definition) is 6. The van der Waals surface area contributed by atoms with E-state index in [2.05, 4.69) is 3.97 Å². The molecule has 0 aliphatic carbocycles. The summed E-state index contributed by atoms with van der Waals surface area (Å²) in [6.45, 7) is 5.59. The van der Waals surface area contributed by atoms with Gasteiger partial charge >= 0.3 is 18.5 Å². The Morgan fingerprint density at radius 3 is 1.53 bits per heavy atom. The Morgan fingerprint density at radius 1 is 1.00 bits per heavy atom. The lowest BCUT2D eigenvalue weighted by Crippen LogP contribution is -2.20. The summed E-state index contributed by atoms with van der Waals surface area (Å²) >= 11 is 0. The van der Waals surface area contributed by atoms with Crippen molar-refractivity contribution >= 4 is 18.5 Å². The van der Waals surface area contributed by atoms with Crippen molar-refractivity contribution in [1.29, 1.82) is 0 Å². The van der Waals surface area contributed by atoms with E-state index in [0.717, 1.165) is 0 Å². The molecule has 0 aliphatic rings. The maximum Gasteiger partial charge on any atom is 0.593 e. The number of rotatable bonds is 8. The van der Waals surface area contributed by atoms with Crippen molar-refractivity contribution in [3.8, 4) is 0 Å². The van der Waals surface area contributed by atoms with Gasteiger partial charge in [0.2, 0.25) is 0 Å². The van der Waals surface area contributed by atoms with Crippen molar-refractivity contribution < 1.29 is 26.0 Å². The molecule has 0 spiro atoms. The zero-order valence-corrected chi connectivity index (χ0v) is 10.7. The molecule has 0 fully saturated rings. The summed E-state index contributed by atoms with van der Waals surface area (Å²) in [4.78, 5) is 0. The molecule has 9 heteroatoms. The van der Waals surface area contributed by atoms with E-state index in [1.807, 2.05) is 0 Å². The Labute approximate surface area is 90.8 Å². The molecule has 0 atom stereocenters. The summed E-state index contributed by atoms with van der Waals surface area (Å²) < 4.78 is 41.4. The second kappa shape index (κ2) is 6.70. The Morgan fingerprint density at radius 2 is 1.33 bits per heavy atom. The highest BCUT2D eigenvalue weighted by atomic mass is 32.2. The van der Waals surface area contributed by atoms with Crippen molar-refractivity contribution in [1.82, 2.24) is 0 Å². The summed E-state index contributed by atoms with van der Waals surface area (Å²) in [5.41, 5.74) is 0. The van der Waals surface area contributed by atoms with Gasteiger partial charge in [-0.1, -0.05) is 0 Å². The lowest BCUT2D eigenvalue weighted by Gasteiger charge is -2.16. The monoisotopic (exact) mass is 262 g/mol. The van der Waals surface area contributed by atoms with Crippen LogP contribution in [0.3, 0.4) is 0 Å². The largest absolute Gasteiger partial charge is 0.593 e. The molecule has 0 saturated carbocycles. The molecule has 0 aromatic heterocycles. The van der Waals surface area contributed by atoms with Crippen LogP contribution in [0.25, 0.3) is 0 Å². The minimum Gasteiger partial charge on any atom is -0.202 e. The van der Waals surface area contributed by atoms with Gasteiger partial charge in [0.05, 0.1) is 19.8 Å². The van der Waals surface area contributed by atoms with Gasteiger partial charge in [-0.15, -0.1) is 0 Å². The highest BCUT2D eigenvalue weighted by Crippen LogP contribution is 2.63. The molecule has 0 unspecified atom stereocenters. The van der Waals surface area contributed by atoms with Crippen molar-refractivity contribution in [2.24, 2.45) is 5.14 Å². The van der Waals surface area contributed by atoms with E-state index < -0.39 is 18.5 Å². The molecule has 0 bridgehead atoms. The Bertz CT molecular complexity index is 252. The third-order valence-corrected chi connectivity index (χ3v) is 4.34. The van der Waals surface area contributed by atoms with Crippen LogP contribution in [0.4, 0.5) is 0 Å². The molecule has 2 N–H and O–H groups in total. The quantitative estimate of drug-likeness (QED) is 0.655. The van der Waals surface area contributed by atoms with E-state index in [1.54, 1.807) is 20.8 Å². The molecule has 7 nitrogen and oxygen atoms in total. The molecular weight excluding hydrogens is 245 g/mol. The number of nitrogens with two attached hydrogens (primary N) is 1. The van der Waals surface area contributed by atoms with Crippen LogP contribution in [-0.2, 0) is 27.8 Å². The molecule has 0 aromatic carbocycles. The lowest BCUT2D eigenvalue weighted by atomic mass is 10.9. The van der Waals surface area contributed by atoms with Gasteiger partial charge in [-0.05, 0) is 24.7 Å². The Kier molecular flexibility index (Phi) is 6.78. The van der Waals surface area contributed by atoms with Crippen LogP contribution in [0.1, 0.15) is 20.8 Å². The van der Waals surface area contributed by atoms with Gasteiger partial charge in [0.25, 0.3) is 0 Å². The van der Waals surface area contributed by atoms with Gasteiger partial charge < -0.3 is 0 Å². The highest BCUT2D eigenvalue weighted by molar-refractivity contribution is 7.89. The van der Waals surface area contributed by atoms with E-state index in [9.17, 15) is 8.42 Å². The molecule has 0 aromatic rings. The van der Waals surface area contributed by atoms with Gasteiger partial charge in [-0.3, -0.25) is 0 Å². The molecule has 0 aliphatic heterocycles. The smallest absolute Gasteiger partial charge is 0.202 e. The van der Waals surface area contributed by atoms with Crippen LogP contribution in [0.5, 0.6) is 0 Å². The first kappa shape index (κ1) is 15.2. The summed E-state index contributed by atoms with van der Waals surface area (Å²) in [5, 5.41) is 4.75. The maximum atomic E-state index is 10.8. The molecule has 0 rings (SSSR count). The van der Waals surface area contributed by atoms with E-state index in [4.69, 9.17) is 18.7 Å². The van der Waals surface area contributed by atoms with Gasteiger partial charge in [-0.25, -0.2) is 5.14 Å². The maximum absolute atomic E-state index is 10.8. The van der Waals surface area contributed by atoms with Crippen LogP contribution >= 0.6 is 8.17 Å². The van der Waals surface area contributed by atoms with Crippen molar-refractivity contribution in [2.45, 2.75) is 20.8 Å². The summed E-state index contributed by atoms with van der Waals surface area (Å²) in [7, 11) is -7.50. The first-order valence-corrected chi connectivity index (χ1v) is 7.39. The average molecular weight is 262 g/mol. The van der Waals surface area contributed by atoms with Crippen LogP contribution in [0.15, 0.2) is 0 Å². The standard InChI is InChI=1S/C6H17NO6PS/c1-4-10-14(11-5-2,12-6-3)13-15(7,8)9/h4-6H2,1-3H3,(H2,7,8,9)/q+1. The van der Waals surface area contributed by atoms with Gasteiger partial charge in [-0.2, -0.15) is 22.0 Å². The molecule has 0 amide bonds. The fourth-order valence-electron chi connectivity index (χ4n) is 0.778. The lowest BCUT2D eigenvalue weighted by molar-refractivity contribution is 0.101. The van der Waals surface area contributed by atoms with Crippen molar-refractivity contribution in [2.75, 3.05) is 19.8 Å². The second-order valence-electron chi connectivity index (χ2n) is 2.27. The predicted molar refractivity (Wildman–Crippen MR) is 56.0 cm³/mol. The molecule has 15 heavy (non-hydrogen) atoms. The first-order valence-electron chi connectivity index (χ1n) is 4.45. The third-order valence-electron chi connectivity index (χ3n) is 1.06. The second-order valence-corrected chi connectivity index (χ2v) is 5.52. The fraction of sp³-hybridized carbons (Fsp3) is 1.00. The van der Waals surface area contributed by atoms with Gasteiger partial charge in [0, 0.05) is 0 Å². The van der Waals surface area contributed by atoms with Crippen LogP contribution in [0.2, 0.25) is 0 Å². The average Bonchev–Trinajstić information content (AvgIpc) is 2.01. The fourth-order valence-corrected chi connectivity index (χ4v) is 3.48. The molecule has 0 saturated heterocycles. The van der Waals surface area contributed by atoms with E-state index in [0.29, 0.717) is 0 Å². The van der Waals surface area contributed by atoms with Gasteiger partial charge in [0.1, 0.15) is 0 Å². The third kappa shape index (κ3) is 6.36. The predicted octanol–water partition coefficient (Wildman–Crippen LogP) is 0.994. The zero-order chi connectivity index (χ0) is 11.9. The van der Waals surface area contributed by atoms with Crippen molar-refractivity contribution in [3.63, 3.8) is 0 Å². The van der Waals surface area contributed by atoms with E-state index in [1.165, 1.54) is 0 Å². The summed E-state index contributed by atoms with van der Waals surface area (Å²) in [5.74, 6) is 0. The van der Waals surface area contributed by atoms with E-state index in [-0.39, 0.29) is 19.8 Å². The first-order chi connectivity index (χ1) is 6.89. The Hall–Kier alpha value is 0.180. The normalized spacial score (nSPS) is 13.1. The molecule has 0 heterocycles. The van der Waals surface area contributed by atoms with Crippen molar-refractivity contribution in [3.05, 3.63) is 0 Å². The van der Waals surface area contributed by atoms with Crippen LogP contribution < -0.4 is 5.14 Å². The minimum atomic E-state index is -4.17. The molecule has 0 radical (unpaired) electrons. The number of hydrogen-bond donors (Lipinski definition) is 1. The zero-order valence-electron chi connectivity index (χ0n) is 9.00. The van der Waals surface area contributed by atoms with Crippen LogP contribution in [0, 0.1) is 0 Å².